The van der Waals surface area contributed by atoms with Gasteiger partial charge in [0.1, 0.15) is 0 Å². The van der Waals surface area contributed by atoms with Crippen molar-refractivity contribution in [1.29, 1.82) is 0 Å². The minimum atomic E-state index is -0.691. The van der Waals surface area contributed by atoms with Gasteiger partial charge in [0.2, 0.25) is 0 Å². The van der Waals surface area contributed by atoms with Gasteiger partial charge in [0.05, 0.1) is 0 Å². The molecule has 5 heteroatoms. The Morgan fingerprint density at radius 3 is 1.47 bits per heavy atom. The maximum absolute atomic E-state index is 10.3. The van der Waals surface area contributed by atoms with Gasteiger partial charge in [-0.15, -0.1) is 0 Å². The monoisotopic (exact) mass is 350 g/mol. The third-order valence-electron chi connectivity index (χ3n) is 2.49. The molecule has 0 saturated heterocycles. The molecule has 2 N–H and O–H groups in total. The second-order valence-electron chi connectivity index (χ2n) is 4.16. The fraction of sp³-hybridized carbons (Fsp3) is 0.833. The number of rotatable bonds is 12. The van der Waals surface area contributed by atoms with Crippen molar-refractivity contribution in [3.8, 4) is 0 Å². The standard InChI is InChI=1S/2C6H11O2.Sn/c2*1-2-3-4-5-6(7)8;/h2*1-5H2,(H,7,8);. The average Bonchev–Trinajstić information content (AvgIpc) is 2.25. The van der Waals surface area contributed by atoms with Gasteiger partial charge in [-0.3, -0.25) is 0 Å². The molecule has 0 fully saturated rings. The molecule has 0 aromatic carbocycles. The molecule has 0 aliphatic rings. The summed E-state index contributed by atoms with van der Waals surface area (Å²) in [4.78, 5) is 20.5. The molecule has 0 heterocycles. The third-order valence-corrected chi connectivity index (χ3v) is 6.52. The second-order valence-corrected chi connectivity index (χ2v) is 8.44. The van der Waals surface area contributed by atoms with Gasteiger partial charge in [0.15, 0.2) is 0 Å². The van der Waals surface area contributed by atoms with E-state index in [1.165, 1.54) is 21.7 Å². The summed E-state index contributed by atoms with van der Waals surface area (Å²) in [7, 11) is 0. The van der Waals surface area contributed by atoms with Crippen LogP contribution in [0.3, 0.4) is 0 Å². The third kappa shape index (κ3) is 15.7. The summed E-state index contributed by atoms with van der Waals surface area (Å²) in [6.07, 6.45) is 6.71. The van der Waals surface area contributed by atoms with Crippen LogP contribution in [0.1, 0.15) is 51.4 Å². The fourth-order valence-corrected chi connectivity index (χ4v) is 5.10. The van der Waals surface area contributed by atoms with Gasteiger partial charge in [-0.25, -0.2) is 0 Å². The van der Waals surface area contributed by atoms with Gasteiger partial charge in [-0.1, -0.05) is 0 Å². The summed E-state index contributed by atoms with van der Waals surface area (Å²) < 4.78 is 2.67. The van der Waals surface area contributed by atoms with Crippen LogP contribution in [-0.2, 0) is 9.59 Å². The van der Waals surface area contributed by atoms with E-state index >= 15 is 0 Å². The van der Waals surface area contributed by atoms with Crippen LogP contribution in [0.15, 0.2) is 0 Å². The minimum absolute atomic E-state index is 0.238. The molecule has 0 bridgehead atoms. The predicted molar refractivity (Wildman–Crippen MR) is 67.6 cm³/mol. The first-order valence-electron chi connectivity index (χ1n) is 6.27. The Kier molecular flexibility index (Phi) is 12.0. The van der Waals surface area contributed by atoms with Crippen LogP contribution in [0.4, 0.5) is 0 Å². The molecule has 0 spiro atoms. The zero-order chi connectivity index (χ0) is 12.9. The molecule has 17 heavy (non-hydrogen) atoms. The molecule has 0 atom stereocenters. The second kappa shape index (κ2) is 12.2. The van der Waals surface area contributed by atoms with E-state index in [1.807, 2.05) is 0 Å². The molecular weight excluding hydrogens is 327 g/mol. The molecule has 0 rings (SSSR count). The first-order valence-corrected chi connectivity index (χ1v) is 10.3. The van der Waals surface area contributed by atoms with Crippen molar-refractivity contribution in [2.75, 3.05) is 0 Å². The molecule has 0 aliphatic carbocycles. The van der Waals surface area contributed by atoms with Crippen molar-refractivity contribution in [3.63, 3.8) is 0 Å². The molecule has 4 nitrogen and oxygen atoms in total. The Bertz CT molecular complexity index is 197. The zero-order valence-electron chi connectivity index (χ0n) is 10.3. The van der Waals surface area contributed by atoms with E-state index in [0.29, 0.717) is 12.8 Å². The maximum atomic E-state index is 10.3. The number of unbranched alkanes of at least 4 members (excludes halogenated alkanes) is 4. The quantitative estimate of drug-likeness (QED) is 0.420. The van der Waals surface area contributed by atoms with Crippen LogP contribution < -0.4 is 0 Å². The summed E-state index contributed by atoms with van der Waals surface area (Å²) >= 11 is -0.238. The van der Waals surface area contributed by atoms with Gasteiger partial charge >= 0.3 is 113 Å². The SMILES string of the molecule is O=C(O)CCCC[CH2][Sn][CH2]CCCCC(=O)O. The van der Waals surface area contributed by atoms with E-state index in [4.69, 9.17) is 10.2 Å². The number of carbonyl (C=O) groups is 2. The van der Waals surface area contributed by atoms with Crippen LogP contribution in [0, 0.1) is 0 Å². The molecule has 98 valence electrons. The van der Waals surface area contributed by atoms with Crippen molar-refractivity contribution in [3.05, 3.63) is 0 Å². The summed E-state index contributed by atoms with van der Waals surface area (Å²) in [5.41, 5.74) is 0. The number of carboxylic acids is 2. The van der Waals surface area contributed by atoms with Crippen LogP contribution in [0.2, 0.25) is 8.87 Å². The molecule has 0 unspecified atom stereocenters. The van der Waals surface area contributed by atoms with Gasteiger partial charge < -0.3 is 0 Å². The topological polar surface area (TPSA) is 74.6 Å². The Labute approximate surface area is 113 Å². The van der Waals surface area contributed by atoms with Crippen molar-refractivity contribution >= 4 is 33.1 Å². The Morgan fingerprint density at radius 1 is 0.706 bits per heavy atom. The molecular formula is C12H22O4Sn. The number of hydrogen-bond acceptors (Lipinski definition) is 2. The summed E-state index contributed by atoms with van der Waals surface area (Å²) in [6.45, 7) is 0. The molecule has 0 aliphatic heterocycles. The van der Waals surface area contributed by atoms with Crippen molar-refractivity contribution in [2.24, 2.45) is 0 Å². The molecule has 2 radical (unpaired) electrons. The predicted octanol–water partition coefficient (Wildman–Crippen LogP) is 2.82. The Morgan fingerprint density at radius 2 is 1.12 bits per heavy atom. The summed E-state index contributed by atoms with van der Waals surface area (Å²) in [6, 6.07) is 0. The van der Waals surface area contributed by atoms with Crippen LogP contribution in [0.5, 0.6) is 0 Å². The van der Waals surface area contributed by atoms with Crippen molar-refractivity contribution in [2.45, 2.75) is 60.2 Å². The van der Waals surface area contributed by atoms with Crippen LogP contribution in [0.25, 0.3) is 0 Å². The first-order chi connectivity index (χ1) is 8.13. The average molecular weight is 349 g/mol. The summed E-state index contributed by atoms with van der Waals surface area (Å²) in [5, 5.41) is 16.9. The summed E-state index contributed by atoms with van der Waals surface area (Å²) in [5.74, 6) is -1.38. The van der Waals surface area contributed by atoms with E-state index < -0.39 is 11.9 Å². The van der Waals surface area contributed by atoms with Crippen LogP contribution >= 0.6 is 0 Å². The van der Waals surface area contributed by atoms with Crippen molar-refractivity contribution < 1.29 is 19.8 Å². The van der Waals surface area contributed by atoms with Gasteiger partial charge in [-0.05, 0) is 0 Å². The van der Waals surface area contributed by atoms with E-state index in [2.05, 4.69) is 0 Å². The first kappa shape index (κ1) is 16.7. The van der Waals surface area contributed by atoms with Crippen LogP contribution in [-0.4, -0.2) is 43.3 Å². The van der Waals surface area contributed by atoms with Crippen molar-refractivity contribution in [1.82, 2.24) is 0 Å². The molecule has 0 aromatic rings. The van der Waals surface area contributed by atoms with E-state index in [0.717, 1.165) is 25.7 Å². The normalized spacial score (nSPS) is 10.4. The van der Waals surface area contributed by atoms with E-state index in [-0.39, 0.29) is 21.1 Å². The molecule has 0 amide bonds. The number of aliphatic carboxylic acids is 2. The Balaban J connectivity index is 2.98. The zero-order valence-corrected chi connectivity index (χ0v) is 13.1. The number of carboxylic acid groups (broad SMARTS) is 2. The molecule has 0 saturated carbocycles. The van der Waals surface area contributed by atoms with Gasteiger partial charge in [0, 0.05) is 0 Å². The van der Waals surface area contributed by atoms with Gasteiger partial charge in [-0.2, -0.15) is 0 Å². The fourth-order valence-electron chi connectivity index (χ4n) is 1.53. The Hall–Kier alpha value is -0.261. The molecule has 0 aromatic heterocycles. The van der Waals surface area contributed by atoms with Gasteiger partial charge in [0.25, 0.3) is 0 Å². The van der Waals surface area contributed by atoms with E-state index in [9.17, 15) is 9.59 Å². The van der Waals surface area contributed by atoms with E-state index in [1.54, 1.807) is 0 Å². The number of hydrogen-bond donors (Lipinski definition) is 2.